The summed E-state index contributed by atoms with van der Waals surface area (Å²) in [5, 5.41) is 13.1. The monoisotopic (exact) mass is 604 g/mol. The highest BCUT2D eigenvalue weighted by molar-refractivity contribution is 5.97. The topological polar surface area (TPSA) is 116 Å². The van der Waals surface area contributed by atoms with Gasteiger partial charge in [0.2, 0.25) is 0 Å². The van der Waals surface area contributed by atoms with Crippen LogP contribution in [-0.2, 0) is 6.54 Å². The van der Waals surface area contributed by atoms with Crippen LogP contribution in [0.5, 0.6) is 5.75 Å². The second-order valence-corrected chi connectivity index (χ2v) is 11.8. The number of nitrogens with zero attached hydrogens (tertiary/aromatic N) is 6. The van der Waals surface area contributed by atoms with Crippen LogP contribution >= 0.6 is 0 Å². The van der Waals surface area contributed by atoms with Crippen LogP contribution in [0.2, 0.25) is 0 Å². The number of ether oxygens (including phenoxy) is 1. The summed E-state index contributed by atoms with van der Waals surface area (Å²) in [6.45, 7) is 3.85. The number of aromatic nitrogens is 2. The maximum Gasteiger partial charge on any atom is 0.276 e. The van der Waals surface area contributed by atoms with Gasteiger partial charge in [-0.3, -0.25) is 9.59 Å². The van der Waals surface area contributed by atoms with E-state index in [1.54, 1.807) is 18.3 Å². The van der Waals surface area contributed by atoms with Gasteiger partial charge in [0.25, 0.3) is 11.8 Å². The number of fused-ring (bicyclic) bond motifs is 1. The number of likely N-dealkylation sites (tertiary alicyclic amines) is 1. The molecule has 1 fully saturated rings. The Kier molecular flexibility index (Phi) is 9.06. The number of piperidine rings is 1. The minimum Gasteiger partial charge on any atom is -0.492 e. The van der Waals surface area contributed by atoms with Crippen molar-refractivity contribution in [1.82, 2.24) is 19.9 Å². The third kappa shape index (κ3) is 6.99. The largest absolute Gasteiger partial charge is 0.492 e. The molecule has 2 aliphatic rings. The molecule has 0 unspecified atom stereocenters. The molecular weight excluding hydrogens is 568 g/mol. The third-order valence-electron chi connectivity index (χ3n) is 8.90. The summed E-state index contributed by atoms with van der Waals surface area (Å²) in [6, 6.07) is 24.9. The Balaban J connectivity index is 1.29. The number of amides is 2. The summed E-state index contributed by atoms with van der Waals surface area (Å²) in [7, 11) is 0. The molecule has 0 radical (unpaired) electrons. The zero-order valence-corrected chi connectivity index (χ0v) is 25.2. The molecule has 0 saturated carbocycles. The molecule has 0 aliphatic carbocycles. The number of benzene rings is 2. The van der Waals surface area contributed by atoms with Crippen molar-refractivity contribution in [3.8, 4) is 11.8 Å². The third-order valence-corrected chi connectivity index (χ3v) is 8.90. The molecule has 2 aromatic heterocycles. The highest BCUT2D eigenvalue weighted by Gasteiger charge is 2.38. The molecule has 45 heavy (non-hydrogen) atoms. The van der Waals surface area contributed by atoms with Gasteiger partial charge in [-0.05, 0) is 55.5 Å². The molecule has 1 spiro atoms. The number of hydrogen-bond donors (Lipinski definition) is 0. The van der Waals surface area contributed by atoms with Gasteiger partial charge in [0, 0.05) is 56.9 Å². The highest BCUT2D eigenvalue weighted by atomic mass is 16.5. The van der Waals surface area contributed by atoms with Gasteiger partial charge in [-0.2, -0.15) is 5.26 Å². The number of nitriles is 1. The molecule has 0 N–H and O–H groups in total. The SMILES string of the molecule is N#Cc1ccc(N2CCCC3(CCN(C(=O)c4ccon4)CC3)COc3ccccc3C(=O)N(Cc3ccccc3)CC2)nc1. The molecule has 2 aliphatic heterocycles. The average molecular weight is 605 g/mol. The van der Waals surface area contributed by atoms with Crippen LogP contribution in [0.15, 0.2) is 89.8 Å². The van der Waals surface area contributed by atoms with E-state index in [0.29, 0.717) is 61.9 Å². The fraction of sp³-hybridized carbons (Fsp3) is 0.343. The number of anilines is 1. The van der Waals surface area contributed by atoms with Crippen molar-refractivity contribution < 1.29 is 18.8 Å². The molecule has 230 valence electrons. The summed E-state index contributed by atoms with van der Waals surface area (Å²) < 4.78 is 11.4. The zero-order valence-electron chi connectivity index (χ0n) is 25.2. The Morgan fingerprint density at radius 3 is 2.44 bits per heavy atom. The van der Waals surface area contributed by atoms with Crippen molar-refractivity contribution >= 4 is 17.6 Å². The number of para-hydroxylation sites is 1. The van der Waals surface area contributed by atoms with Gasteiger partial charge in [0.1, 0.15) is 23.9 Å². The quantitative estimate of drug-likeness (QED) is 0.313. The Morgan fingerprint density at radius 1 is 0.911 bits per heavy atom. The first kappa shape index (κ1) is 29.9. The standard InChI is InChI=1S/C35H36N6O4/c36-23-28-11-12-32(37-24-28)39-17-6-14-35(15-18-40(19-16-35)34(43)30-13-22-45-38-30)26-44-31-10-5-4-9-29(31)33(42)41(21-20-39)25-27-7-2-1-3-8-27/h1-5,7-13,22,24H,6,14-21,25-26H2. The van der Waals surface area contributed by atoms with Crippen molar-refractivity contribution in [2.75, 3.05) is 44.2 Å². The van der Waals surface area contributed by atoms with Gasteiger partial charge in [0.15, 0.2) is 5.69 Å². The predicted octanol–water partition coefficient (Wildman–Crippen LogP) is 5.19. The molecule has 4 heterocycles. The summed E-state index contributed by atoms with van der Waals surface area (Å²) >= 11 is 0. The molecular formula is C35H36N6O4. The Morgan fingerprint density at radius 2 is 1.71 bits per heavy atom. The van der Waals surface area contributed by atoms with E-state index >= 15 is 0 Å². The lowest BCUT2D eigenvalue weighted by Crippen LogP contribution is -2.46. The maximum absolute atomic E-state index is 14.2. The van der Waals surface area contributed by atoms with Crippen LogP contribution in [0.3, 0.4) is 0 Å². The lowest BCUT2D eigenvalue weighted by molar-refractivity contribution is 0.0357. The second-order valence-electron chi connectivity index (χ2n) is 11.8. The number of hydrogen-bond acceptors (Lipinski definition) is 8. The highest BCUT2D eigenvalue weighted by Crippen LogP contribution is 2.38. The lowest BCUT2D eigenvalue weighted by Gasteiger charge is -2.42. The van der Waals surface area contributed by atoms with Gasteiger partial charge < -0.3 is 24.0 Å². The smallest absolute Gasteiger partial charge is 0.276 e. The van der Waals surface area contributed by atoms with Crippen molar-refractivity contribution in [1.29, 1.82) is 5.26 Å². The second kappa shape index (κ2) is 13.6. The molecule has 0 atom stereocenters. The molecule has 10 nitrogen and oxygen atoms in total. The normalized spacial score (nSPS) is 17.3. The summed E-state index contributed by atoms with van der Waals surface area (Å²) in [5.74, 6) is 1.13. The number of carbonyl (C=O) groups excluding carboxylic acids is 2. The predicted molar refractivity (Wildman–Crippen MR) is 168 cm³/mol. The molecule has 2 amide bonds. The van der Waals surface area contributed by atoms with Gasteiger partial charge in [-0.1, -0.05) is 47.6 Å². The number of carbonyl (C=O) groups is 2. The lowest BCUT2D eigenvalue weighted by atomic mass is 9.75. The maximum atomic E-state index is 14.2. The van der Waals surface area contributed by atoms with E-state index in [-0.39, 0.29) is 17.2 Å². The number of rotatable bonds is 4. The van der Waals surface area contributed by atoms with Crippen molar-refractivity contribution in [3.05, 3.63) is 108 Å². The van der Waals surface area contributed by atoms with E-state index in [0.717, 1.165) is 43.6 Å². The van der Waals surface area contributed by atoms with Gasteiger partial charge >= 0.3 is 0 Å². The first-order chi connectivity index (χ1) is 22.0. The van der Waals surface area contributed by atoms with Crippen LogP contribution in [0, 0.1) is 16.7 Å². The van der Waals surface area contributed by atoms with Crippen LogP contribution in [0.25, 0.3) is 0 Å². The molecule has 6 rings (SSSR count). The zero-order chi connectivity index (χ0) is 31.1. The van der Waals surface area contributed by atoms with E-state index in [1.807, 2.05) is 70.5 Å². The first-order valence-electron chi connectivity index (χ1n) is 15.4. The average Bonchev–Trinajstić information content (AvgIpc) is 3.64. The van der Waals surface area contributed by atoms with Crippen LogP contribution in [0.1, 0.15) is 57.7 Å². The summed E-state index contributed by atoms with van der Waals surface area (Å²) in [4.78, 5) is 37.7. The Bertz CT molecular complexity index is 1630. The van der Waals surface area contributed by atoms with Crippen molar-refractivity contribution in [2.45, 2.75) is 32.2 Å². The van der Waals surface area contributed by atoms with Gasteiger partial charge in [-0.25, -0.2) is 4.98 Å². The van der Waals surface area contributed by atoms with Crippen LogP contribution in [0.4, 0.5) is 5.82 Å². The van der Waals surface area contributed by atoms with E-state index in [4.69, 9.17) is 9.26 Å². The van der Waals surface area contributed by atoms with E-state index in [9.17, 15) is 14.9 Å². The van der Waals surface area contributed by atoms with Crippen LogP contribution in [-0.4, -0.2) is 71.1 Å². The fourth-order valence-electron chi connectivity index (χ4n) is 6.23. The summed E-state index contributed by atoms with van der Waals surface area (Å²) in [5.41, 5.74) is 2.21. The Hall–Kier alpha value is -5.17. The van der Waals surface area contributed by atoms with E-state index in [1.165, 1.54) is 6.26 Å². The van der Waals surface area contributed by atoms with Crippen LogP contribution < -0.4 is 9.64 Å². The molecule has 1 saturated heterocycles. The molecule has 0 bridgehead atoms. The minimum absolute atomic E-state index is 0.0940. The first-order valence-corrected chi connectivity index (χ1v) is 15.4. The number of pyridine rings is 1. The fourth-order valence-corrected chi connectivity index (χ4v) is 6.23. The van der Waals surface area contributed by atoms with Gasteiger partial charge in [-0.15, -0.1) is 0 Å². The van der Waals surface area contributed by atoms with Gasteiger partial charge in [0.05, 0.1) is 17.7 Å². The molecule has 4 aromatic rings. The molecule has 10 heteroatoms. The minimum atomic E-state index is -0.182. The Labute approximate surface area is 262 Å². The summed E-state index contributed by atoms with van der Waals surface area (Å²) in [6.07, 6.45) is 6.29. The van der Waals surface area contributed by atoms with Crippen molar-refractivity contribution in [2.24, 2.45) is 5.41 Å². The molecule has 2 aromatic carbocycles. The van der Waals surface area contributed by atoms with E-state index < -0.39 is 0 Å². The van der Waals surface area contributed by atoms with E-state index in [2.05, 4.69) is 21.1 Å². The van der Waals surface area contributed by atoms with Crippen molar-refractivity contribution in [3.63, 3.8) is 0 Å².